The predicted octanol–water partition coefficient (Wildman–Crippen LogP) is 3.77. The van der Waals surface area contributed by atoms with E-state index in [1.165, 1.54) is 32.1 Å². The Morgan fingerprint density at radius 3 is 2.55 bits per heavy atom. The predicted molar refractivity (Wildman–Crippen MR) is 86.8 cm³/mol. The maximum atomic E-state index is 6.03. The van der Waals surface area contributed by atoms with E-state index in [2.05, 4.69) is 10.1 Å². The number of nitrogens with two attached hydrogens (primary N) is 1. The molecule has 0 unspecified atom stereocenters. The SMILES string of the molecule is NCC1(Cc2nc(Cc3ccc(Cl)cc3)no2)CCCCC1. The Kier molecular flexibility index (Phi) is 4.79. The van der Waals surface area contributed by atoms with Gasteiger partial charge in [-0.15, -0.1) is 0 Å². The van der Waals surface area contributed by atoms with Crippen LogP contribution in [0.4, 0.5) is 0 Å². The summed E-state index contributed by atoms with van der Waals surface area (Å²) in [5.74, 6) is 1.44. The van der Waals surface area contributed by atoms with Gasteiger partial charge in [0.1, 0.15) is 0 Å². The van der Waals surface area contributed by atoms with Crippen LogP contribution in [0.25, 0.3) is 0 Å². The highest BCUT2D eigenvalue weighted by molar-refractivity contribution is 6.30. The molecule has 1 aliphatic carbocycles. The van der Waals surface area contributed by atoms with Gasteiger partial charge < -0.3 is 10.3 Å². The maximum absolute atomic E-state index is 6.03. The summed E-state index contributed by atoms with van der Waals surface area (Å²) in [7, 11) is 0. The zero-order valence-corrected chi connectivity index (χ0v) is 13.5. The second-order valence-electron chi connectivity index (χ2n) is 6.35. The van der Waals surface area contributed by atoms with Crippen LogP contribution >= 0.6 is 11.6 Å². The molecule has 0 amide bonds. The number of hydrogen-bond donors (Lipinski definition) is 1. The van der Waals surface area contributed by atoms with E-state index in [0.29, 0.717) is 13.0 Å². The second-order valence-corrected chi connectivity index (χ2v) is 6.79. The van der Waals surface area contributed by atoms with Crippen molar-refractivity contribution in [1.29, 1.82) is 0 Å². The van der Waals surface area contributed by atoms with Crippen LogP contribution in [0.1, 0.15) is 49.4 Å². The molecule has 3 rings (SSSR count). The van der Waals surface area contributed by atoms with Gasteiger partial charge in [0.15, 0.2) is 5.82 Å². The zero-order chi connectivity index (χ0) is 15.4. The highest BCUT2D eigenvalue weighted by Crippen LogP contribution is 2.38. The van der Waals surface area contributed by atoms with Crippen molar-refractivity contribution in [3.8, 4) is 0 Å². The van der Waals surface area contributed by atoms with E-state index in [0.717, 1.165) is 28.7 Å². The van der Waals surface area contributed by atoms with Gasteiger partial charge in [-0.05, 0) is 42.5 Å². The first-order valence-corrected chi connectivity index (χ1v) is 8.33. The Hall–Kier alpha value is -1.39. The molecule has 4 nitrogen and oxygen atoms in total. The zero-order valence-electron chi connectivity index (χ0n) is 12.7. The molecule has 1 aromatic carbocycles. The molecule has 5 heteroatoms. The number of hydrogen-bond acceptors (Lipinski definition) is 4. The average Bonchev–Trinajstić information content (AvgIpc) is 2.97. The molecule has 0 aliphatic heterocycles. The van der Waals surface area contributed by atoms with Gasteiger partial charge in [0, 0.05) is 17.9 Å². The normalized spacial score (nSPS) is 17.5. The van der Waals surface area contributed by atoms with Crippen LogP contribution in [0.3, 0.4) is 0 Å². The minimum Gasteiger partial charge on any atom is -0.339 e. The van der Waals surface area contributed by atoms with E-state index in [9.17, 15) is 0 Å². The van der Waals surface area contributed by atoms with Crippen LogP contribution in [-0.2, 0) is 12.8 Å². The molecule has 1 saturated carbocycles. The van der Waals surface area contributed by atoms with Crippen molar-refractivity contribution in [3.63, 3.8) is 0 Å². The van der Waals surface area contributed by atoms with Gasteiger partial charge in [-0.1, -0.05) is 48.2 Å². The van der Waals surface area contributed by atoms with Gasteiger partial charge >= 0.3 is 0 Å². The van der Waals surface area contributed by atoms with Crippen LogP contribution < -0.4 is 5.73 Å². The van der Waals surface area contributed by atoms with Crippen LogP contribution in [0.5, 0.6) is 0 Å². The van der Waals surface area contributed by atoms with E-state index >= 15 is 0 Å². The maximum Gasteiger partial charge on any atom is 0.227 e. The lowest BCUT2D eigenvalue weighted by Gasteiger charge is -2.34. The van der Waals surface area contributed by atoms with Gasteiger partial charge in [-0.2, -0.15) is 4.98 Å². The fourth-order valence-electron chi connectivity index (χ4n) is 3.29. The van der Waals surface area contributed by atoms with Gasteiger partial charge in [0.2, 0.25) is 5.89 Å². The summed E-state index contributed by atoms with van der Waals surface area (Å²) >= 11 is 5.90. The number of benzene rings is 1. The molecule has 2 aromatic rings. The van der Waals surface area contributed by atoms with Crippen LogP contribution in [0, 0.1) is 5.41 Å². The molecule has 0 saturated heterocycles. The molecule has 1 fully saturated rings. The molecule has 0 atom stereocenters. The quantitative estimate of drug-likeness (QED) is 0.911. The molecular weight excluding hydrogens is 298 g/mol. The topological polar surface area (TPSA) is 64.9 Å². The van der Waals surface area contributed by atoms with Gasteiger partial charge in [0.05, 0.1) is 0 Å². The number of rotatable bonds is 5. The Bertz CT molecular complexity index is 603. The van der Waals surface area contributed by atoms with Crippen molar-refractivity contribution in [2.75, 3.05) is 6.54 Å². The Balaban J connectivity index is 1.66. The van der Waals surface area contributed by atoms with Gasteiger partial charge in [-0.3, -0.25) is 0 Å². The summed E-state index contributed by atoms with van der Waals surface area (Å²) in [5.41, 5.74) is 7.31. The Morgan fingerprint density at radius 1 is 1.14 bits per heavy atom. The number of aromatic nitrogens is 2. The second kappa shape index (κ2) is 6.80. The first kappa shape index (κ1) is 15.5. The van der Waals surface area contributed by atoms with Crippen molar-refractivity contribution in [2.24, 2.45) is 11.1 Å². The fourth-order valence-corrected chi connectivity index (χ4v) is 3.42. The molecule has 22 heavy (non-hydrogen) atoms. The third-order valence-corrected chi connectivity index (χ3v) is 4.91. The molecule has 0 bridgehead atoms. The van der Waals surface area contributed by atoms with Crippen LogP contribution in [0.15, 0.2) is 28.8 Å². The highest BCUT2D eigenvalue weighted by atomic mass is 35.5. The van der Waals surface area contributed by atoms with E-state index in [1.807, 2.05) is 24.3 Å². The standard InChI is InChI=1S/C17H22ClN3O/c18-14-6-4-13(5-7-14)10-15-20-16(22-21-15)11-17(12-19)8-2-1-3-9-17/h4-7H,1-3,8-12,19H2. The lowest BCUT2D eigenvalue weighted by molar-refractivity contribution is 0.177. The minimum atomic E-state index is 0.155. The van der Waals surface area contributed by atoms with Crippen molar-refractivity contribution in [3.05, 3.63) is 46.6 Å². The Morgan fingerprint density at radius 2 is 1.86 bits per heavy atom. The first-order valence-electron chi connectivity index (χ1n) is 7.95. The summed E-state index contributed by atoms with van der Waals surface area (Å²) in [6.07, 6.45) is 7.61. The molecule has 1 heterocycles. The lowest BCUT2D eigenvalue weighted by atomic mass is 9.72. The summed E-state index contributed by atoms with van der Waals surface area (Å²) in [6, 6.07) is 7.73. The molecule has 1 aliphatic rings. The summed E-state index contributed by atoms with van der Waals surface area (Å²) in [6.45, 7) is 0.696. The summed E-state index contributed by atoms with van der Waals surface area (Å²) in [5, 5.41) is 4.84. The highest BCUT2D eigenvalue weighted by Gasteiger charge is 2.32. The van der Waals surface area contributed by atoms with Gasteiger partial charge in [0.25, 0.3) is 0 Å². The molecule has 0 spiro atoms. The van der Waals surface area contributed by atoms with Crippen molar-refractivity contribution in [1.82, 2.24) is 10.1 Å². The molecule has 118 valence electrons. The monoisotopic (exact) mass is 319 g/mol. The van der Waals surface area contributed by atoms with Crippen LogP contribution in [0.2, 0.25) is 5.02 Å². The van der Waals surface area contributed by atoms with E-state index in [4.69, 9.17) is 21.9 Å². The van der Waals surface area contributed by atoms with E-state index in [-0.39, 0.29) is 5.41 Å². The molecule has 1 aromatic heterocycles. The van der Waals surface area contributed by atoms with Crippen molar-refractivity contribution < 1.29 is 4.52 Å². The van der Waals surface area contributed by atoms with Crippen molar-refractivity contribution >= 4 is 11.6 Å². The third-order valence-electron chi connectivity index (χ3n) is 4.66. The third kappa shape index (κ3) is 3.68. The smallest absolute Gasteiger partial charge is 0.227 e. The molecule has 2 N–H and O–H groups in total. The van der Waals surface area contributed by atoms with E-state index in [1.54, 1.807) is 0 Å². The van der Waals surface area contributed by atoms with Gasteiger partial charge in [-0.25, -0.2) is 0 Å². The summed E-state index contributed by atoms with van der Waals surface area (Å²) in [4.78, 5) is 4.55. The average molecular weight is 320 g/mol. The minimum absolute atomic E-state index is 0.155. The largest absolute Gasteiger partial charge is 0.339 e. The fraction of sp³-hybridized carbons (Fsp3) is 0.529. The molecule has 0 radical (unpaired) electrons. The lowest BCUT2D eigenvalue weighted by Crippen LogP contribution is -2.35. The van der Waals surface area contributed by atoms with Crippen molar-refractivity contribution in [2.45, 2.75) is 44.9 Å². The first-order chi connectivity index (χ1) is 10.7. The van der Waals surface area contributed by atoms with Crippen LogP contribution in [-0.4, -0.2) is 16.7 Å². The molecular formula is C17H22ClN3O. The Labute approximate surface area is 136 Å². The summed E-state index contributed by atoms with van der Waals surface area (Å²) < 4.78 is 5.45. The number of nitrogens with zero attached hydrogens (tertiary/aromatic N) is 2. The number of halogens is 1. The van der Waals surface area contributed by atoms with E-state index < -0.39 is 0 Å².